The molecule has 0 saturated carbocycles. The third-order valence-corrected chi connectivity index (χ3v) is 1.16. The minimum absolute atomic E-state index is 0.420. The van der Waals surface area contributed by atoms with Crippen LogP contribution in [0.2, 0.25) is 0 Å². The third-order valence-electron chi connectivity index (χ3n) is 1.16. The summed E-state index contributed by atoms with van der Waals surface area (Å²) in [6.45, 7) is 6.84. The largest absolute Gasteiger partial charge is 0.378 e. The highest BCUT2D eigenvalue weighted by molar-refractivity contribution is 4.67. The van der Waals surface area contributed by atoms with Gasteiger partial charge in [0, 0.05) is 6.61 Å². The van der Waals surface area contributed by atoms with E-state index >= 15 is 0 Å². The molecule has 0 aliphatic carbocycles. The summed E-state index contributed by atoms with van der Waals surface area (Å²) in [4.78, 5) is 0. The number of epoxide rings is 1. The van der Waals surface area contributed by atoms with Crippen LogP contribution in [0, 0.1) is 5.92 Å². The highest BCUT2D eigenvalue weighted by Gasteiger charge is 2.22. The lowest BCUT2D eigenvalue weighted by Gasteiger charge is -2.03. The molecule has 1 rings (SSSR count). The van der Waals surface area contributed by atoms with Crippen LogP contribution in [0.25, 0.3) is 0 Å². The second-order valence-electron chi connectivity index (χ2n) is 2.89. The average molecular weight is 130 g/mol. The Bertz CT molecular complexity index is 75.0. The SMILES string of the molecule is CC(C)COC[C@@H]1CO1. The molecule has 2 nitrogen and oxygen atoms in total. The summed E-state index contributed by atoms with van der Waals surface area (Å²) in [6, 6.07) is 0. The fourth-order valence-electron chi connectivity index (χ4n) is 0.599. The molecular formula is C7H14O2. The fourth-order valence-corrected chi connectivity index (χ4v) is 0.599. The van der Waals surface area contributed by atoms with Crippen LogP contribution < -0.4 is 0 Å². The van der Waals surface area contributed by atoms with Crippen LogP contribution in [0.5, 0.6) is 0 Å². The molecule has 1 atom stereocenters. The predicted molar refractivity (Wildman–Crippen MR) is 35.4 cm³/mol. The zero-order valence-corrected chi connectivity index (χ0v) is 6.09. The summed E-state index contributed by atoms with van der Waals surface area (Å²) < 4.78 is 10.3. The van der Waals surface area contributed by atoms with Crippen molar-refractivity contribution in [2.75, 3.05) is 19.8 Å². The number of ether oxygens (including phenoxy) is 2. The van der Waals surface area contributed by atoms with E-state index in [1.165, 1.54) is 0 Å². The Morgan fingerprint density at radius 1 is 1.67 bits per heavy atom. The first-order chi connectivity index (χ1) is 4.29. The van der Waals surface area contributed by atoms with E-state index in [1.807, 2.05) is 0 Å². The zero-order valence-electron chi connectivity index (χ0n) is 6.09. The summed E-state index contributed by atoms with van der Waals surface area (Å²) in [7, 11) is 0. The molecule has 2 heteroatoms. The smallest absolute Gasteiger partial charge is 0.104 e. The summed E-state index contributed by atoms with van der Waals surface area (Å²) in [6.07, 6.45) is 0.420. The van der Waals surface area contributed by atoms with E-state index in [-0.39, 0.29) is 0 Å². The average Bonchev–Trinajstić information content (AvgIpc) is 2.48. The molecule has 0 radical (unpaired) electrons. The van der Waals surface area contributed by atoms with Crippen molar-refractivity contribution < 1.29 is 9.47 Å². The fraction of sp³-hybridized carbons (Fsp3) is 1.00. The summed E-state index contributed by atoms with van der Waals surface area (Å²) in [5, 5.41) is 0. The molecule has 0 aromatic rings. The first-order valence-electron chi connectivity index (χ1n) is 3.48. The number of rotatable bonds is 4. The topological polar surface area (TPSA) is 21.8 Å². The van der Waals surface area contributed by atoms with E-state index < -0.39 is 0 Å². The van der Waals surface area contributed by atoms with E-state index in [9.17, 15) is 0 Å². The van der Waals surface area contributed by atoms with Crippen molar-refractivity contribution in [3.63, 3.8) is 0 Å². The van der Waals surface area contributed by atoms with E-state index in [2.05, 4.69) is 13.8 Å². The molecule has 0 bridgehead atoms. The first kappa shape index (κ1) is 7.03. The Morgan fingerprint density at radius 2 is 2.33 bits per heavy atom. The summed E-state index contributed by atoms with van der Waals surface area (Å²) in [5.74, 6) is 0.642. The van der Waals surface area contributed by atoms with Crippen molar-refractivity contribution in [3.05, 3.63) is 0 Å². The third kappa shape index (κ3) is 3.49. The van der Waals surface area contributed by atoms with Crippen LogP contribution in [0.1, 0.15) is 13.8 Å². The minimum Gasteiger partial charge on any atom is -0.378 e. The monoisotopic (exact) mass is 130 g/mol. The Kier molecular flexibility index (Phi) is 2.49. The van der Waals surface area contributed by atoms with Gasteiger partial charge in [-0.1, -0.05) is 13.8 Å². The summed E-state index contributed by atoms with van der Waals surface area (Å²) >= 11 is 0. The quantitative estimate of drug-likeness (QED) is 0.531. The van der Waals surface area contributed by atoms with E-state index in [1.54, 1.807) is 0 Å². The molecule has 9 heavy (non-hydrogen) atoms. The van der Waals surface area contributed by atoms with Crippen LogP contribution in [0.3, 0.4) is 0 Å². The highest BCUT2D eigenvalue weighted by atomic mass is 16.6. The Labute approximate surface area is 56.2 Å². The molecule has 1 aliphatic rings. The number of hydrogen-bond donors (Lipinski definition) is 0. The lowest BCUT2D eigenvalue weighted by Crippen LogP contribution is -2.06. The maximum atomic E-state index is 5.29. The molecule has 0 aromatic heterocycles. The molecule has 0 aromatic carbocycles. The normalized spacial score (nSPS) is 25.0. The van der Waals surface area contributed by atoms with Crippen molar-refractivity contribution >= 4 is 0 Å². The molecule has 1 saturated heterocycles. The number of hydrogen-bond acceptors (Lipinski definition) is 2. The first-order valence-corrected chi connectivity index (χ1v) is 3.48. The van der Waals surface area contributed by atoms with Gasteiger partial charge in [-0.25, -0.2) is 0 Å². The highest BCUT2D eigenvalue weighted by Crippen LogP contribution is 2.08. The van der Waals surface area contributed by atoms with Gasteiger partial charge in [-0.2, -0.15) is 0 Å². The van der Waals surface area contributed by atoms with Gasteiger partial charge < -0.3 is 9.47 Å². The minimum atomic E-state index is 0.420. The van der Waals surface area contributed by atoms with E-state index in [0.717, 1.165) is 19.8 Å². The Hall–Kier alpha value is -0.0800. The second-order valence-corrected chi connectivity index (χ2v) is 2.89. The molecule has 0 amide bonds. The van der Waals surface area contributed by atoms with Crippen LogP contribution >= 0.6 is 0 Å². The molecule has 0 unspecified atom stereocenters. The van der Waals surface area contributed by atoms with Gasteiger partial charge in [-0.15, -0.1) is 0 Å². The Morgan fingerprint density at radius 3 is 2.78 bits per heavy atom. The van der Waals surface area contributed by atoms with Gasteiger partial charge in [-0.05, 0) is 5.92 Å². The van der Waals surface area contributed by atoms with Crippen LogP contribution in [-0.4, -0.2) is 25.9 Å². The second kappa shape index (κ2) is 3.18. The molecule has 1 aliphatic heterocycles. The molecule has 0 spiro atoms. The van der Waals surface area contributed by atoms with Crippen molar-refractivity contribution in [2.45, 2.75) is 20.0 Å². The molecule has 54 valence electrons. The molecule has 1 heterocycles. The van der Waals surface area contributed by atoms with Gasteiger partial charge in [-0.3, -0.25) is 0 Å². The van der Waals surface area contributed by atoms with Gasteiger partial charge in [0.25, 0.3) is 0 Å². The van der Waals surface area contributed by atoms with Crippen LogP contribution in [0.15, 0.2) is 0 Å². The van der Waals surface area contributed by atoms with Crippen molar-refractivity contribution in [3.8, 4) is 0 Å². The van der Waals surface area contributed by atoms with Gasteiger partial charge in [0.1, 0.15) is 6.10 Å². The van der Waals surface area contributed by atoms with E-state index in [4.69, 9.17) is 9.47 Å². The molecule has 1 fully saturated rings. The zero-order chi connectivity index (χ0) is 6.69. The van der Waals surface area contributed by atoms with Gasteiger partial charge in [0.05, 0.1) is 13.2 Å². The predicted octanol–water partition coefficient (Wildman–Crippen LogP) is 1.06. The van der Waals surface area contributed by atoms with Crippen molar-refractivity contribution in [1.82, 2.24) is 0 Å². The maximum absolute atomic E-state index is 5.29. The lowest BCUT2D eigenvalue weighted by molar-refractivity contribution is 0.0952. The molecule has 0 N–H and O–H groups in total. The van der Waals surface area contributed by atoms with Crippen LogP contribution in [0.4, 0.5) is 0 Å². The van der Waals surface area contributed by atoms with Crippen molar-refractivity contribution in [2.24, 2.45) is 5.92 Å². The standard InChI is InChI=1S/C7H14O2/c1-6(2)3-8-4-7-5-9-7/h6-7H,3-5H2,1-2H3/t7-/m1/s1. The van der Waals surface area contributed by atoms with Crippen LogP contribution in [-0.2, 0) is 9.47 Å². The van der Waals surface area contributed by atoms with E-state index in [0.29, 0.717) is 12.0 Å². The summed E-state index contributed by atoms with van der Waals surface area (Å²) in [5.41, 5.74) is 0. The van der Waals surface area contributed by atoms with Crippen molar-refractivity contribution in [1.29, 1.82) is 0 Å². The van der Waals surface area contributed by atoms with Gasteiger partial charge >= 0.3 is 0 Å². The lowest BCUT2D eigenvalue weighted by atomic mass is 10.2. The Balaban J connectivity index is 1.81. The maximum Gasteiger partial charge on any atom is 0.104 e. The van der Waals surface area contributed by atoms with Gasteiger partial charge in [0.2, 0.25) is 0 Å². The molecular weight excluding hydrogens is 116 g/mol. The van der Waals surface area contributed by atoms with Gasteiger partial charge in [0.15, 0.2) is 0 Å².